The first kappa shape index (κ1) is 15.0. The summed E-state index contributed by atoms with van der Waals surface area (Å²) in [5.74, 6) is 0. The molecule has 0 saturated carbocycles. The van der Waals surface area contributed by atoms with Gasteiger partial charge in [-0.05, 0) is 13.0 Å². The molecule has 0 spiro atoms. The zero-order valence-corrected chi connectivity index (χ0v) is 10.4. The second kappa shape index (κ2) is 12.0. The Kier molecular flexibility index (Phi) is 12.0. The molecule has 4 radical (unpaired) electrons. The van der Waals surface area contributed by atoms with Gasteiger partial charge in [0.25, 0.3) is 0 Å². The van der Waals surface area contributed by atoms with Gasteiger partial charge in [-0.1, -0.05) is 64.7 Å². The van der Waals surface area contributed by atoms with Crippen molar-refractivity contribution < 1.29 is 0 Å². The Bertz CT molecular complexity index is 110. The standard InChI is InChI=1S/C14H27N/c1-4-5-6-7-8-9-10-11-12-13-14-15(2)3/h2-3H,4-14H2,1H3. The highest BCUT2D eigenvalue weighted by Crippen LogP contribution is 2.10. The van der Waals surface area contributed by atoms with Crippen molar-refractivity contribution in [1.82, 2.24) is 4.90 Å². The van der Waals surface area contributed by atoms with Crippen LogP contribution in [0.1, 0.15) is 71.1 Å². The van der Waals surface area contributed by atoms with Crippen LogP contribution >= 0.6 is 0 Å². The second-order valence-electron chi connectivity index (χ2n) is 4.42. The van der Waals surface area contributed by atoms with E-state index in [2.05, 4.69) is 6.92 Å². The lowest BCUT2D eigenvalue weighted by Crippen LogP contribution is -2.06. The highest BCUT2D eigenvalue weighted by molar-refractivity contribution is 4.53. The summed E-state index contributed by atoms with van der Waals surface area (Å²) in [5.41, 5.74) is 0. The van der Waals surface area contributed by atoms with E-state index in [1.807, 2.05) is 0 Å². The average molecular weight is 209 g/mol. The van der Waals surface area contributed by atoms with Gasteiger partial charge in [-0.2, -0.15) is 0 Å². The Labute approximate surface area is 97.2 Å². The summed E-state index contributed by atoms with van der Waals surface area (Å²) >= 11 is 0. The van der Waals surface area contributed by atoms with E-state index in [1.54, 1.807) is 0 Å². The van der Waals surface area contributed by atoms with E-state index >= 15 is 0 Å². The number of nitrogens with zero attached hydrogens (tertiary/aromatic N) is 1. The summed E-state index contributed by atoms with van der Waals surface area (Å²) in [7, 11) is 10.6. The molecule has 0 aliphatic carbocycles. The topological polar surface area (TPSA) is 3.24 Å². The van der Waals surface area contributed by atoms with E-state index in [-0.39, 0.29) is 0 Å². The third-order valence-corrected chi connectivity index (χ3v) is 2.77. The van der Waals surface area contributed by atoms with E-state index in [0.717, 1.165) is 13.0 Å². The molecular formula is C14H27N. The molecule has 88 valence electrons. The third-order valence-electron chi connectivity index (χ3n) is 2.77. The minimum absolute atomic E-state index is 0.816. The Balaban J connectivity index is 2.87. The molecule has 0 bridgehead atoms. The largest absolute Gasteiger partial charge is 0.291 e. The number of hydrogen-bond acceptors (Lipinski definition) is 1. The number of unbranched alkanes of at least 4 members (excludes halogenated alkanes) is 9. The highest BCUT2D eigenvalue weighted by Gasteiger charge is 1.93. The zero-order chi connectivity index (χ0) is 11.4. The van der Waals surface area contributed by atoms with Crippen molar-refractivity contribution >= 4 is 0 Å². The summed E-state index contributed by atoms with van der Waals surface area (Å²) in [4.78, 5) is 1.28. The van der Waals surface area contributed by atoms with E-state index < -0.39 is 0 Å². The predicted molar refractivity (Wildman–Crippen MR) is 67.2 cm³/mol. The van der Waals surface area contributed by atoms with Crippen LogP contribution in [0.25, 0.3) is 0 Å². The Hall–Kier alpha value is -0.0400. The van der Waals surface area contributed by atoms with Crippen molar-refractivity contribution in [3.05, 3.63) is 14.1 Å². The van der Waals surface area contributed by atoms with Gasteiger partial charge in [-0.3, -0.25) is 4.90 Å². The fourth-order valence-corrected chi connectivity index (χ4v) is 1.78. The predicted octanol–water partition coefficient (Wildman–Crippen LogP) is 4.55. The second-order valence-corrected chi connectivity index (χ2v) is 4.42. The molecule has 0 unspecified atom stereocenters. The van der Waals surface area contributed by atoms with Crippen molar-refractivity contribution in [1.29, 1.82) is 0 Å². The lowest BCUT2D eigenvalue weighted by molar-refractivity contribution is 0.455. The van der Waals surface area contributed by atoms with E-state index in [9.17, 15) is 0 Å². The molecule has 1 heteroatoms. The first-order valence-electron chi connectivity index (χ1n) is 6.54. The maximum absolute atomic E-state index is 5.31. The van der Waals surface area contributed by atoms with Gasteiger partial charge in [0.15, 0.2) is 0 Å². The molecule has 0 heterocycles. The summed E-state index contributed by atoms with van der Waals surface area (Å²) < 4.78 is 0. The number of rotatable bonds is 11. The monoisotopic (exact) mass is 209 g/mol. The van der Waals surface area contributed by atoms with Crippen LogP contribution in [0.5, 0.6) is 0 Å². The highest BCUT2D eigenvalue weighted by atomic mass is 15.0. The Morgan fingerprint density at radius 3 is 1.47 bits per heavy atom. The first-order valence-corrected chi connectivity index (χ1v) is 6.54. The molecule has 0 atom stereocenters. The average Bonchev–Trinajstić information content (AvgIpc) is 2.20. The van der Waals surface area contributed by atoms with Gasteiger partial charge in [-0.25, -0.2) is 0 Å². The van der Waals surface area contributed by atoms with Crippen molar-refractivity contribution in [2.75, 3.05) is 6.54 Å². The molecule has 0 rings (SSSR count). The van der Waals surface area contributed by atoms with Gasteiger partial charge in [0.1, 0.15) is 0 Å². The van der Waals surface area contributed by atoms with Gasteiger partial charge in [0.2, 0.25) is 0 Å². The van der Waals surface area contributed by atoms with Crippen LogP contribution in [0.2, 0.25) is 0 Å². The molecule has 0 N–H and O–H groups in total. The van der Waals surface area contributed by atoms with Crippen LogP contribution in [0.4, 0.5) is 0 Å². The third kappa shape index (κ3) is 14.0. The number of hydrogen-bond donors (Lipinski definition) is 0. The fourth-order valence-electron chi connectivity index (χ4n) is 1.78. The minimum Gasteiger partial charge on any atom is -0.291 e. The summed E-state index contributed by atoms with van der Waals surface area (Å²) in [6, 6.07) is 0. The fraction of sp³-hybridized carbons (Fsp3) is 0.857. The zero-order valence-electron chi connectivity index (χ0n) is 10.4. The summed E-state index contributed by atoms with van der Waals surface area (Å²) in [6.07, 6.45) is 13.5. The Morgan fingerprint density at radius 2 is 1.07 bits per heavy atom. The molecule has 0 aliphatic rings. The van der Waals surface area contributed by atoms with E-state index in [4.69, 9.17) is 14.1 Å². The molecule has 0 amide bonds. The van der Waals surface area contributed by atoms with Crippen LogP contribution in [-0.4, -0.2) is 11.4 Å². The quantitative estimate of drug-likeness (QED) is 0.356. The van der Waals surface area contributed by atoms with Crippen LogP contribution in [0.3, 0.4) is 0 Å². The van der Waals surface area contributed by atoms with Crippen LogP contribution in [0.15, 0.2) is 0 Å². The molecular weight excluding hydrogens is 182 g/mol. The van der Waals surface area contributed by atoms with Gasteiger partial charge in [0, 0.05) is 14.1 Å². The molecule has 0 fully saturated rings. The van der Waals surface area contributed by atoms with Gasteiger partial charge in [0.05, 0.1) is 0 Å². The van der Waals surface area contributed by atoms with Gasteiger partial charge < -0.3 is 0 Å². The van der Waals surface area contributed by atoms with Gasteiger partial charge >= 0.3 is 0 Å². The summed E-state index contributed by atoms with van der Waals surface area (Å²) in [5, 5.41) is 0. The Morgan fingerprint density at radius 1 is 0.667 bits per heavy atom. The van der Waals surface area contributed by atoms with E-state index in [0.29, 0.717) is 0 Å². The van der Waals surface area contributed by atoms with Crippen LogP contribution in [0, 0.1) is 14.1 Å². The molecule has 0 saturated heterocycles. The van der Waals surface area contributed by atoms with E-state index in [1.165, 1.54) is 62.7 Å². The SMILES string of the molecule is [CH]N([CH])CCCCCCCCCCCC. The lowest BCUT2D eigenvalue weighted by Gasteiger charge is -2.07. The normalized spacial score (nSPS) is 11.2. The smallest absolute Gasteiger partial charge is 0.0443 e. The van der Waals surface area contributed by atoms with Crippen molar-refractivity contribution in [2.24, 2.45) is 0 Å². The van der Waals surface area contributed by atoms with Crippen molar-refractivity contribution in [2.45, 2.75) is 71.1 Å². The van der Waals surface area contributed by atoms with Crippen LogP contribution < -0.4 is 0 Å². The molecule has 1 nitrogen and oxygen atoms in total. The molecule has 0 aromatic carbocycles. The lowest BCUT2D eigenvalue weighted by atomic mass is 10.1. The van der Waals surface area contributed by atoms with Gasteiger partial charge in [-0.15, -0.1) is 0 Å². The van der Waals surface area contributed by atoms with Crippen LogP contribution in [-0.2, 0) is 0 Å². The minimum atomic E-state index is 0.816. The molecule has 0 aliphatic heterocycles. The molecule has 0 aromatic heterocycles. The van der Waals surface area contributed by atoms with Crippen molar-refractivity contribution in [3.8, 4) is 0 Å². The molecule has 15 heavy (non-hydrogen) atoms. The maximum atomic E-state index is 5.31. The first-order chi connectivity index (χ1) is 7.27. The summed E-state index contributed by atoms with van der Waals surface area (Å²) in [6.45, 7) is 3.08. The van der Waals surface area contributed by atoms with Crippen molar-refractivity contribution in [3.63, 3.8) is 0 Å². The molecule has 0 aromatic rings. The maximum Gasteiger partial charge on any atom is 0.0443 e.